The fourth-order valence-electron chi connectivity index (χ4n) is 3.61. The third kappa shape index (κ3) is 19.8. The predicted octanol–water partition coefficient (Wildman–Crippen LogP) is -4.25. The molecule has 0 aliphatic heterocycles. The maximum absolute atomic E-state index is 13.3. The normalized spacial score (nSPS) is 10.5. The minimum absolute atomic E-state index is 0.300. The highest BCUT2D eigenvalue weighted by Gasteiger charge is 2.28. The first kappa shape index (κ1) is 40.7. The summed E-state index contributed by atoms with van der Waals surface area (Å²) < 4.78 is 0. The molecule has 0 aliphatic carbocycles. The molecule has 0 heterocycles. The summed E-state index contributed by atoms with van der Waals surface area (Å²) in [6, 6.07) is 0. The summed E-state index contributed by atoms with van der Waals surface area (Å²) in [6.07, 6.45) is -2.90. The molecule has 0 aliphatic rings. The third-order valence-electron chi connectivity index (χ3n) is 5.87. The second-order valence-electron chi connectivity index (χ2n) is 9.69. The van der Waals surface area contributed by atoms with Crippen molar-refractivity contribution in [3.63, 3.8) is 0 Å². The highest BCUT2D eigenvalue weighted by Crippen LogP contribution is 2.05. The highest BCUT2D eigenvalue weighted by molar-refractivity contribution is 5.91. The van der Waals surface area contributed by atoms with Gasteiger partial charge in [-0.15, -0.1) is 0 Å². The molecule has 0 aromatic rings. The van der Waals surface area contributed by atoms with Gasteiger partial charge in [-0.05, 0) is 0 Å². The second kappa shape index (κ2) is 21.4. The van der Waals surface area contributed by atoms with E-state index in [1.165, 1.54) is 0 Å². The molecule has 0 saturated heterocycles. The minimum Gasteiger partial charge on any atom is -0.481 e. The van der Waals surface area contributed by atoms with Crippen LogP contribution >= 0.6 is 0 Å². The molecule has 21 nitrogen and oxygen atoms in total. The first-order valence-corrected chi connectivity index (χ1v) is 13.6. The molecule has 0 rings (SSSR count). The van der Waals surface area contributed by atoms with E-state index in [4.69, 9.17) is 31.3 Å². The van der Waals surface area contributed by atoms with Gasteiger partial charge in [-0.1, -0.05) is 0 Å². The lowest BCUT2D eigenvalue weighted by molar-refractivity contribution is -0.148. The lowest BCUT2D eigenvalue weighted by Gasteiger charge is -2.30. The van der Waals surface area contributed by atoms with Crippen LogP contribution in [0.5, 0.6) is 0 Å². The summed E-state index contributed by atoms with van der Waals surface area (Å²) in [4.78, 5) is 122. The van der Waals surface area contributed by atoms with E-state index in [0.717, 1.165) is 14.7 Å². The first-order chi connectivity index (χ1) is 21.4. The molecule has 0 saturated carbocycles. The van der Waals surface area contributed by atoms with Gasteiger partial charge in [0.25, 0.3) is 0 Å². The summed E-state index contributed by atoms with van der Waals surface area (Å²) in [5.41, 5.74) is 5.15. The zero-order valence-electron chi connectivity index (χ0n) is 24.8. The minimum atomic E-state index is -1.38. The third-order valence-corrected chi connectivity index (χ3v) is 5.87. The second-order valence-corrected chi connectivity index (χ2v) is 9.69. The Morgan fingerprint density at radius 3 is 1.17 bits per heavy atom. The maximum atomic E-state index is 13.3. The molecule has 8 N–H and O–H groups in total. The summed E-state index contributed by atoms with van der Waals surface area (Å²) in [5.74, 6) is -11.3. The molecule has 21 heteroatoms. The number of carbonyl (C=O) groups excluding carboxylic acids is 5. The lowest BCUT2D eigenvalue weighted by atomic mass is 10.2. The van der Waals surface area contributed by atoms with Crippen LogP contribution in [-0.4, -0.2) is 170 Å². The number of amides is 5. The summed E-state index contributed by atoms with van der Waals surface area (Å²) in [7, 11) is 0. The van der Waals surface area contributed by atoms with Crippen molar-refractivity contribution in [1.82, 2.24) is 24.9 Å². The molecule has 0 aromatic heterocycles. The number of carbonyl (C=O) groups is 10. The Bertz CT molecular complexity index is 1160. The number of nitrogens with zero attached hydrogens (tertiary/aromatic N) is 4. The predicted molar refractivity (Wildman–Crippen MR) is 150 cm³/mol. The van der Waals surface area contributed by atoms with Gasteiger partial charge in [-0.3, -0.25) is 52.8 Å². The van der Waals surface area contributed by atoms with Crippen LogP contribution in [0.15, 0.2) is 0 Å². The number of nitrogens with two attached hydrogens (primary N) is 1. The van der Waals surface area contributed by atoms with Gasteiger partial charge in [0, 0.05) is 32.7 Å². The van der Waals surface area contributed by atoms with Crippen molar-refractivity contribution in [3.05, 3.63) is 0 Å². The van der Waals surface area contributed by atoms with Gasteiger partial charge in [0.2, 0.25) is 29.5 Å². The molecule has 258 valence electrons. The van der Waals surface area contributed by atoms with Gasteiger partial charge >= 0.3 is 29.8 Å². The van der Waals surface area contributed by atoms with E-state index in [2.05, 4.69) is 5.32 Å². The van der Waals surface area contributed by atoms with E-state index in [9.17, 15) is 47.9 Å². The zero-order valence-corrected chi connectivity index (χ0v) is 24.8. The highest BCUT2D eigenvalue weighted by atomic mass is 16.4. The fourth-order valence-corrected chi connectivity index (χ4v) is 3.61. The molecule has 0 bridgehead atoms. The van der Waals surface area contributed by atoms with Crippen molar-refractivity contribution in [2.24, 2.45) is 5.73 Å². The van der Waals surface area contributed by atoms with Crippen LogP contribution < -0.4 is 11.1 Å². The summed E-state index contributed by atoms with van der Waals surface area (Å²) >= 11 is 0. The summed E-state index contributed by atoms with van der Waals surface area (Å²) in [5, 5.41) is 47.2. The van der Waals surface area contributed by atoms with Gasteiger partial charge < -0.3 is 51.3 Å². The number of nitrogens with one attached hydrogen (secondary N) is 1. The molecule has 0 spiro atoms. The number of hydrogen-bond donors (Lipinski definition) is 7. The number of primary amides is 1. The SMILES string of the molecule is NC(=O)CN(CCC(=O)O)CC(=O)N(CCC(=O)O)CC(=O)N(CCC(=O)O)CC(=O)N(CCC(=O)O)CC(=O)NCCC(=O)O. The van der Waals surface area contributed by atoms with Gasteiger partial charge in [-0.25, -0.2) is 0 Å². The van der Waals surface area contributed by atoms with E-state index in [1.54, 1.807) is 0 Å². The lowest BCUT2D eigenvalue weighted by Crippen LogP contribution is -2.51. The number of carboxylic acids is 5. The van der Waals surface area contributed by atoms with E-state index in [0.29, 0.717) is 4.90 Å². The van der Waals surface area contributed by atoms with Crippen molar-refractivity contribution < 1.29 is 73.5 Å². The van der Waals surface area contributed by atoms with Crippen LogP contribution in [0.25, 0.3) is 0 Å². The van der Waals surface area contributed by atoms with Crippen molar-refractivity contribution >= 4 is 59.4 Å². The molecule has 0 unspecified atom stereocenters. The Morgan fingerprint density at radius 2 is 0.804 bits per heavy atom. The van der Waals surface area contributed by atoms with E-state index < -0.39 is 144 Å². The van der Waals surface area contributed by atoms with Crippen LogP contribution in [0, 0.1) is 0 Å². The molecule has 0 atom stereocenters. The van der Waals surface area contributed by atoms with Crippen LogP contribution in [0.2, 0.25) is 0 Å². The van der Waals surface area contributed by atoms with E-state index in [-0.39, 0.29) is 13.1 Å². The number of rotatable bonds is 25. The molecule has 0 aromatic carbocycles. The van der Waals surface area contributed by atoms with Crippen molar-refractivity contribution in [2.75, 3.05) is 65.4 Å². The van der Waals surface area contributed by atoms with Gasteiger partial charge in [0.15, 0.2) is 0 Å². The molecule has 5 amide bonds. The largest absolute Gasteiger partial charge is 0.481 e. The number of aliphatic carboxylic acids is 5. The Balaban J connectivity index is 6.01. The molecular weight excluding hydrogens is 624 g/mol. The van der Waals surface area contributed by atoms with Crippen LogP contribution in [0.4, 0.5) is 0 Å². The standard InChI is InChI=1S/C25H38N6O15/c26-16(32)11-28(7-2-22(39)40)13-18(34)30(9-4-24(43)44)15-20(36)31(10-5-25(45)46)14-19(35)29(8-3-23(41)42)12-17(33)27-6-1-21(37)38/h1-15H2,(H2,26,32)(H,27,33)(H,37,38)(H,39,40)(H,41,42)(H,43,44)(H,45,46). The summed E-state index contributed by atoms with van der Waals surface area (Å²) in [6.45, 7) is -5.97. The van der Waals surface area contributed by atoms with E-state index in [1.807, 2.05) is 0 Å². The Morgan fingerprint density at radius 1 is 0.457 bits per heavy atom. The van der Waals surface area contributed by atoms with Gasteiger partial charge in [0.1, 0.15) is 0 Å². The van der Waals surface area contributed by atoms with Crippen molar-refractivity contribution in [1.29, 1.82) is 0 Å². The van der Waals surface area contributed by atoms with Crippen molar-refractivity contribution in [2.45, 2.75) is 32.1 Å². The zero-order chi connectivity index (χ0) is 35.4. The average Bonchev–Trinajstić information content (AvgIpc) is 2.92. The molecule has 0 fully saturated rings. The molecular formula is C25H38N6O15. The number of carboxylic acid groups (broad SMARTS) is 5. The van der Waals surface area contributed by atoms with Gasteiger partial charge in [-0.2, -0.15) is 0 Å². The Labute approximate surface area is 261 Å². The van der Waals surface area contributed by atoms with Gasteiger partial charge in [0.05, 0.1) is 64.8 Å². The monoisotopic (exact) mass is 662 g/mol. The van der Waals surface area contributed by atoms with Crippen LogP contribution in [-0.2, 0) is 47.9 Å². The average molecular weight is 663 g/mol. The first-order valence-electron chi connectivity index (χ1n) is 13.6. The number of hydrogen-bond acceptors (Lipinski definition) is 11. The maximum Gasteiger partial charge on any atom is 0.305 e. The van der Waals surface area contributed by atoms with Crippen LogP contribution in [0.3, 0.4) is 0 Å². The topological polar surface area (TPSA) is 323 Å². The Hall–Kier alpha value is -5.34. The fraction of sp³-hybridized carbons (Fsp3) is 0.600. The smallest absolute Gasteiger partial charge is 0.305 e. The van der Waals surface area contributed by atoms with Crippen LogP contribution in [0.1, 0.15) is 32.1 Å². The quantitative estimate of drug-likeness (QED) is 0.0486. The molecule has 0 radical (unpaired) electrons. The van der Waals surface area contributed by atoms with E-state index >= 15 is 0 Å². The Kier molecular flexibility index (Phi) is 18.9. The van der Waals surface area contributed by atoms with Crippen molar-refractivity contribution in [3.8, 4) is 0 Å². The molecule has 46 heavy (non-hydrogen) atoms.